The van der Waals surface area contributed by atoms with Crippen molar-refractivity contribution in [1.82, 2.24) is 4.90 Å². The smallest absolute Gasteiger partial charge is 0.222 e. The SMILES string of the molecule is CCCCCN(CCC#N)C(=O)CCc1ccc(OCc2ccccc2)c(C)c1. The van der Waals surface area contributed by atoms with Crippen molar-refractivity contribution in [3.8, 4) is 11.8 Å². The Labute approximate surface area is 175 Å². The Balaban J connectivity index is 1.87. The third-order valence-electron chi connectivity index (χ3n) is 4.98. The van der Waals surface area contributed by atoms with Crippen LogP contribution in [0.25, 0.3) is 0 Å². The number of benzene rings is 2. The number of nitrogens with zero attached hydrogens (tertiary/aromatic N) is 2. The average molecular weight is 393 g/mol. The van der Waals surface area contributed by atoms with Crippen molar-refractivity contribution < 1.29 is 9.53 Å². The maximum absolute atomic E-state index is 12.6. The summed E-state index contributed by atoms with van der Waals surface area (Å²) in [5.74, 6) is 1.01. The van der Waals surface area contributed by atoms with E-state index < -0.39 is 0 Å². The molecule has 1 amide bonds. The van der Waals surface area contributed by atoms with Gasteiger partial charge in [0.1, 0.15) is 12.4 Å². The standard InChI is InChI=1S/C25H32N2O2/c1-3-4-8-17-27(18-9-16-26)25(28)15-13-22-12-14-24(21(2)19-22)29-20-23-10-6-5-7-11-23/h5-7,10-12,14,19H,3-4,8-9,13,15,17-18,20H2,1-2H3. The van der Waals surface area contributed by atoms with E-state index in [0.29, 0.717) is 32.4 Å². The zero-order chi connectivity index (χ0) is 20.9. The minimum atomic E-state index is 0.137. The predicted molar refractivity (Wildman–Crippen MR) is 117 cm³/mol. The molecule has 0 heterocycles. The molecule has 4 nitrogen and oxygen atoms in total. The summed E-state index contributed by atoms with van der Waals surface area (Å²) in [6.45, 7) is 6.02. The van der Waals surface area contributed by atoms with Crippen LogP contribution in [0.3, 0.4) is 0 Å². The molecule has 0 aromatic heterocycles. The maximum Gasteiger partial charge on any atom is 0.222 e. The number of carbonyl (C=O) groups excluding carboxylic acids is 1. The lowest BCUT2D eigenvalue weighted by Crippen LogP contribution is -2.33. The molecule has 0 saturated heterocycles. The molecule has 4 heteroatoms. The van der Waals surface area contributed by atoms with E-state index in [2.05, 4.69) is 19.1 Å². The van der Waals surface area contributed by atoms with Crippen LogP contribution in [0, 0.1) is 18.3 Å². The second-order valence-corrected chi connectivity index (χ2v) is 7.37. The topological polar surface area (TPSA) is 53.3 Å². The van der Waals surface area contributed by atoms with Gasteiger partial charge in [0.2, 0.25) is 5.91 Å². The molecule has 0 atom stereocenters. The Hall–Kier alpha value is -2.80. The summed E-state index contributed by atoms with van der Waals surface area (Å²) in [4.78, 5) is 14.5. The largest absolute Gasteiger partial charge is 0.489 e. The van der Waals surface area contributed by atoms with Crippen molar-refractivity contribution >= 4 is 5.91 Å². The molecule has 2 aromatic carbocycles. The number of hydrogen-bond acceptors (Lipinski definition) is 3. The van der Waals surface area contributed by atoms with Crippen molar-refractivity contribution in [1.29, 1.82) is 5.26 Å². The summed E-state index contributed by atoms with van der Waals surface area (Å²) in [6, 6.07) is 18.4. The molecule has 0 radical (unpaired) electrons. The summed E-state index contributed by atoms with van der Waals surface area (Å²) in [5, 5.41) is 8.85. The second-order valence-electron chi connectivity index (χ2n) is 7.37. The Morgan fingerprint density at radius 3 is 2.55 bits per heavy atom. The number of amides is 1. The Morgan fingerprint density at radius 2 is 1.86 bits per heavy atom. The van der Waals surface area contributed by atoms with Gasteiger partial charge in [-0.2, -0.15) is 5.26 Å². The molecule has 2 aromatic rings. The fourth-order valence-corrected chi connectivity index (χ4v) is 3.27. The van der Waals surface area contributed by atoms with Crippen molar-refractivity contribution in [3.63, 3.8) is 0 Å². The Morgan fingerprint density at radius 1 is 1.07 bits per heavy atom. The van der Waals surface area contributed by atoms with Crippen LogP contribution < -0.4 is 4.74 Å². The molecule has 154 valence electrons. The van der Waals surface area contributed by atoms with Crippen molar-refractivity contribution in [2.45, 2.75) is 59.0 Å². The molecular weight excluding hydrogens is 360 g/mol. The maximum atomic E-state index is 12.6. The van der Waals surface area contributed by atoms with Gasteiger partial charge in [-0.25, -0.2) is 0 Å². The lowest BCUT2D eigenvalue weighted by Gasteiger charge is -2.21. The minimum Gasteiger partial charge on any atom is -0.489 e. The first-order valence-corrected chi connectivity index (χ1v) is 10.5. The van der Waals surface area contributed by atoms with Crippen molar-refractivity contribution in [2.75, 3.05) is 13.1 Å². The third-order valence-corrected chi connectivity index (χ3v) is 4.98. The number of carbonyl (C=O) groups is 1. The lowest BCUT2D eigenvalue weighted by atomic mass is 10.1. The molecule has 0 aliphatic carbocycles. The number of aryl methyl sites for hydroxylation is 2. The van der Waals surface area contributed by atoms with Crippen LogP contribution in [0.1, 0.15) is 55.7 Å². The van der Waals surface area contributed by atoms with Crippen LogP contribution >= 0.6 is 0 Å². The number of ether oxygens (including phenoxy) is 1. The quantitative estimate of drug-likeness (QED) is 0.452. The van der Waals surface area contributed by atoms with E-state index in [1.807, 2.05) is 54.3 Å². The van der Waals surface area contributed by atoms with Gasteiger partial charge >= 0.3 is 0 Å². The molecule has 0 aliphatic rings. The molecule has 0 fully saturated rings. The van der Waals surface area contributed by atoms with Crippen LogP contribution in [0.15, 0.2) is 48.5 Å². The van der Waals surface area contributed by atoms with Gasteiger partial charge in [0.25, 0.3) is 0 Å². The van der Waals surface area contributed by atoms with E-state index >= 15 is 0 Å². The van der Waals surface area contributed by atoms with Gasteiger partial charge in [0.05, 0.1) is 12.5 Å². The second kappa shape index (κ2) is 12.6. The van der Waals surface area contributed by atoms with Gasteiger partial charge in [-0.3, -0.25) is 4.79 Å². The van der Waals surface area contributed by atoms with Gasteiger partial charge in [0.15, 0.2) is 0 Å². The number of hydrogen-bond donors (Lipinski definition) is 0. The van der Waals surface area contributed by atoms with Gasteiger partial charge in [-0.1, -0.05) is 62.2 Å². The Kier molecular flexibility index (Phi) is 9.78. The number of unbranched alkanes of at least 4 members (excludes halogenated alkanes) is 2. The highest BCUT2D eigenvalue weighted by Gasteiger charge is 2.13. The summed E-state index contributed by atoms with van der Waals surface area (Å²) in [5.41, 5.74) is 3.36. The van der Waals surface area contributed by atoms with Gasteiger partial charge in [-0.05, 0) is 42.5 Å². The summed E-state index contributed by atoms with van der Waals surface area (Å²) in [6.07, 6.45) is 4.81. The zero-order valence-electron chi connectivity index (χ0n) is 17.7. The number of nitriles is 1. The van der Waals surface area contributed by atoms with E-state index in [0.717, 1.165) is 48.2 Å². The third kappa shape index (κ3) is 7.99. The monoisotopic (exact) mass is 392 g/mol. The van der Waals surface area contributed by atoms with Crippen LogP contribution in [-0.4, -0.2) is 23.9 Å². The molecule has 0 spiro atoms. The molecule has 2 rings (SSSR count). The van der Waals surface area contributed by atoms with E-state index in [1.165, 1.54) is 0 Å². The number of rotatable bonds is 12. The molecule has 0 unspecified atom stereocenters. The fourth-order valence-electron chi connectivity index (χ4n) is 3.27. The van der Waals surface area contributed by atoms with Gasteiger partial charge in [0, 0.05) is 19.5 Å². The first-order chi connectivity index (χ1) is 14.1. The van der Waals surface area contributed by atoms with Crippen LogP contribution in [-0.2, 0) is 17.8 Å². The molecule has 0 aliphatic heterocycles. The van der Waals surface area contributed by atoms with Crippen LogP contribution in [0.4, 0.5) is 0 Å². The van der Waals surface area contributed by atoms with Crippen LogP contribution in [0.5, 0.6) is 5.75 Å². The highest BCUT2D eigenvalue weighted by Crippen LogP contribution is 2.21. The van der Waals surface area contributed by atoms with E-state index in [9.17, 15) is 4.79 Å². The molecule has 0 N–H and O–H groups in total. The lowest BCUT2D eigenvalue weighted by molar-refractivity contribution is -0.131. The van der Waals surface area contributed by atoms with Gasteiger partial charge < -0.3 is 9.64 Å². The Bertz CT molecular complexity index is 796. The highest BCUT2D eigenvalue weighted by atomic mass is 16.5. The predicted octanol–water partition coefficient (Wildman–Crippen LogP) is 5.44. The van der Waals surface area contributed by atoms with E-state index in [1.54, 1.807) is 0 Å². The molecule has 0 bridgehead atoms. The average Bonchev–Trinajstić information content (AvgIpc) is 2.74. The molecule has 0 saturated carbocycles. The summed E-state index contributed by atoms with van der Waals surface area (Å²) < 4.78 is 5.94. The van der Waals surface area contributed by atoms with E-state index in [4.69, 9.17) is 10.00 Å². The highest BCUT2D eigenvalue weighted by molar-refractivity contribution is 5.76. The summed E-state index contributed by atoms with van der Waals surface area (Å²) >= 11 is 0. The normalized spacial score (nSPS) is 10.4. The first kappa shape index (κ1) is 22.5. The van der Waals surface area contributed by atoms with Crippen molar-refractivity contribution in [3.05, 3.63) is 65.2 Å². The van der Waals surface area contributed by atoms with E-state index in [-0.39, 0.29) is 5.91 Å². The molecular formula is C25H32N2O2. The van der Waals surface area contributed by atoms with Crippen LogP contribution in [0.2, 0.25) is 0 Å². The summed E-state index contributed by atoms with van der Waals surface area (Å²) in [7, 11) is 0. The minimum absolute atomic E-state index is 0.137. The molecule has 29 heavy (non-hydrogen) atoms. The fraction of sp³-hybridized carbons (Fsp3) is 0.440. The zero-order valence-corrected chi connectivity index (χ0v) is 17.7. The van der Waals surface area contributed by atoms with Crippen molar-refractivity contribution in [2.24, 2.45) is 0 Å². The first-order valence-electron chi connectivity index (χ1n) is 10.5. The van der Waals surface area contributed by atoms with Gasteiger partial charge in [-0.15, -0.1) is 0 Å².